The van der Waals surface area contributed by atoms with Crippen LogP contribution in [0.2, 0.25) is 0 Å². The van der Waals surface area contributed by atoms with Crippen molar-refractivity contribution in [3.8, 4) is 11.3 Å². The lowest BCUT2D eigenvalue weighted by Crippen LogP contribution is -2.05. The minimum Gasteiger partial charge on any atom is -0.385 e. The average molecular weight is 336 g/mol. The van der Waals surface area contributed by atoms with E-state index in [1.54, 1.807) is 7.11 Å². The van der Waals surface area contributed by atoms with E-state index in [0.717, 1.165) is 46.2 Å². The highest BCUT2D eigenvalue weighted by atomic mass is 79.9. The van der Waals surface area contributed by atoms with E-state index in [-0.39, 0.29) is 0 Å². The quantitative estimate of drug-likeness (QED) is 0.588. The largest absolute Gasteiger partial charge is 0.385 e. The Hall–Kier alpha value is -1.39. The highest BCUT2D eigenvalue weighted by molar-refractivity contribution is 9.10. The standard InChI is InChI=1S/C16H18BrNO2/c1-12-14(11-19)15(17)16(13-7-4-3-5-8-13)18(12)9-6-10-20-2/h3-5,7-8,11H,6,9-10H2,1-2H3. The summed E-state index contributed by atoms with van der Waals surface area (Å²) in [5.74, 6) is 0. The maximum Gasteiger partial charge on any atom is 0.153 e. The van der Waals surface area contributed by atoms with E-state index < -0.39 is 0 Å². The summed E-state index contributed by atoms with van der Waals surface area (Å²) in [6.07, 6.45) is 1.83. The van der Waals surface area contributed by atoms with Crippen molar-refractivity contribution in [1.29, 1.82) is 0 Å². The molecule has 1 aromatic heterocycles. The first kappa shape index (κ1) is 15.0. The van der Waals surface area contributed by atoms with E-state index in [2.05, 4.69) is 32.6 Å². The maximum absolute atomic E-state index is 11.3. The van der Waals surface area contributed by atoms with E-state index in [0.29, 0.717) is 6.61 Å². The number of benzene rings is 1. The molecule has 2 aromatic rings. The molecule has 0 amide bonds. The lowest BCUT2D eigenvalue weighted by atomic mass is 10.1. The Morgan fingerprint density at radius 2 is 2.00 bits per heavy atom. The Kier molecular flexibility index (Phi) is 5.15. The van der Waals surface area contributed by atoms with Crippen molar-refractivity contribution in [2.45, 2.75) is 19.9 Å². The molecule has 0 fully saturated rings. The van der Waals surface area contributed by atoms with Gasteiger partial charge in [0, 0.05) is 31.5 Å². The number of nitrogens with zero attached hydrogens (tertiary/aromatic N) is 1. The van der Waals surface area contributed by atoms with Crippen LogP contribution in [-0.4, -0.2) is 24.6 Å². The number of methoxy groups -OCH3 is 1. The number of rotatable bonds is 6. The van der Waals surface area contributed by atoms with Crippen LogP contribution in [0.1, 0.15) is 22.5 Å². The van der Waals surface area contributed by atoms with Crippen molar-refractivity contribution in [3.05, 3.63) is 46.1 Å². The number of hydrogen-bond acceptors (Lipinski definition) is 2. The Balaban J connectivity index is 2.50. The van der Waals surface area contributed by atoms with Gasteiger partial charge in [-0.1, -0.05) is 30.3 Å². The van der Waals surface area contributed by atoms with Gasteiger partial charge >= 0.3 is 0 Å². The average Bonchev–Trinajstić information content (AvgIpc) is 2.71. The van der Waals surface area contributed by atoms with Crippen LogP contribution in [0.4, 0.5) is 0 Å². The second-order valence-electron chi connectivity index (χ2n) is 4.64. The number of carbonyl (C=O) groups excluding carboxylic acids is 1. The lowest BCUT2D eigenvalue weighted by Gasteiger charge is -2.12. The first-order chi connectivity index (χ1) is 9.70. The van der Waals surface area contributed by atoms with Crippen LogP contribution in [0.15, 0.2) is 34.8 Å². The van der Waals surface area contributed by atoms with Gasteiger partial charge in [-0.2, -0.15) is 0 Å². The molecule has 4 heteroatoms. The molecular formula is C16H18BrNO2. The van der Waals surface area contributed by atoms with Crippen molar-refractivity contribution >= 4 is 22.2 Å². The van der Waals surface area contributed by atoms with Gasteiger partial charge in [0.05, 0.1) is 10.2 Å². The van der Waals surface area contributed by atoms with E-state index >= 15 is 0 Å². The summed E-state index contributed by atoms with van der Waals surface area (Å²) in [6.45, 7) is 3.52. The van der Waals surface area contributed by atoms with Crippen LogP contribution < -0.4 is 0 Å². The van der Waals surface area contributed by atoms with Gasteiger partial charge < -0.3 is 9.30 Å². The van der Waals surface area contributed by atoms with Crippen molar-refractivity contribution in [2.75, 3.05) is 13.7 Å². The molecule has 0 aliphatic rings. The molecule has 20 heavy (non-hydrogen) atoms. The molecular weight excluding hydrogens is 318 g/mol. The van der Waals surface area contributed by atoms with Crippen LogP contribution in [0.25, 0.3) is 11.3 Å². The van der Waals surface area contributed by atoms with Gasteiger partial charge in [-0.15, -0.1) is 0 Å². The molecule has 0 aliphatic carbocycles. The topological polar surface area (TPSA) is 31.2 Å². The molecule has 1 heterocycles. The van der Waals surface area contributed by atoms with Crippen molar-refractivity contribution in [3.63, 3.8) is 0 Å². The summed E-state index contributed by atoms with van der Waals surface area (Å²) in [6, 6.07) is 10.1. The third-order valence-corrected chi connectivity index (χ3v) is 4.21. The van der Waals surface area contributed by atoms with Crippen LogP contribution in [0.5, 0.6) is 0 Å². The highest BCUT2D eigenvalue weighted by Crippen LogP contribution is 2.35. The lowest BCUT2D eigenvalue weighted by molar-refractivity contribution is 0.112. The second-order valence-corrected chi connectivity index (χ2v) is 5.44. The predicted octanol–water partition coefficient (Wildman–Crippen LogP) is 4.08. The Bertz CT molecular complexity index is 590. The molecule has 106 valence electrons. The summed E-state index contributed by atoms with van der Waals surface area (Å²) in [5.41, 5.74) is 3.87. The van der Waals surface area contributed by atoms with Crippen molar-refractivity contribution < 1.29 is 9.53 Å². The molecule has 0 aliphatic heterocycles. The van der Waals surface area contributed by atoms with Crippen LogP contribution in [0.3, 0.4) is 0 Å². The molecule has 3 nitrogen and oxygen atoms in total. The number of aldehydes is 1. The normalized spacial score (nSPS) is 10.8. The predicted molar refractivity (Wildman–Crippen MR) is 84.2 cm³/mol. The summed E-state index contributed by atoms with van der Waals surface area (Å²) < 4.78 is 8.17. The van der Waals surface area contributed by atoms with Crippen LogP contribution in [-0.2, 0) is 11.3 Å². The van der Waals surface area contributed by atoms with Gasteiger partial charge in [-0.05, 0) is 34.8 Å². The van der Waals surface area contributed by atoms with Gasteiger partial charge in [0.25, 0.3) is 0 Å². The fourth-order valence-electron chi connectivity index (χ4n) is 2.38. The zero-order valence-corrected chi connectivity index (χ0v) is 13.3. The molecule has 0 saturated carbocycles. The first-order valence-corrected chi connectivity index (χ1v) is 7.38. The first-order valence-electron chi connectivity index (χ1n) is 6.58. The molecule has 0 saturated heterocycles. The fraction of sp³-hybridized carbons (Fsp3) is 0.312. The number of halogens is 1. The molecule has 0 N–H and O–H groups in total. The summed E-state index contributed by atoms with van der Waals surface area (Å²) in [4.78, 5) is 11.3. The molecule has 0 bridgehead atoms. The number of aromatic nitrogens is 1. The van der Waals surface area contributed by atoms with Gasteiger partial charge in [0.1, 0.15) is 0 Å². The third-order valence-electron chi connectivity index (χ3n) is 3.40. The van der Waals surface area contributed by atoms with Crippen LogP contribution in [0, 0.1) is 6.92 Å². The third kappa shape index (κ3) is 2.86. The minimum absolute atomic E-state index is 0.708. The summed E-state index contributed by atoms with van der Waals surface area (Å²) in [7, 11) is 1.70. The Labute approximate surface area is 127 Å². The number of hydrogen-bond donors (Lipinski definition) is 0. The van der Waals surface area contributed by atoms with Crippen LogP contribution >= 0.6 is 15.9 Å². The molecule has 0 spiro atoms. The minimum atomic E-state index is 0.708. The van der Waals surface area contributed by atoms with Crippen molar-refractivity contribution in [1.82, 2.24) is 4.57 Å². The molecule has 0 atom stereocenters. The Morgan fingerprint density at radius 3 is 2.60 bits per heavy atom. The summed E-state index contributed by atoms with van der Waals surface area (Å²) in [5, 5.41) is 0. The van der Waals surface area contributed by atoms with Crippen molar-refractivity contribution in [2.24, 2.45) is 0 Å². The smallest absolute Gasteiger partial charge is 0.153 e. The van der Waals surface area contributed by atoms with Gasteiger partial charge in [-0.25, -0.2) is 0 Å². The van der Waals surface area contributed by atoms with E-state index in [1.807, 2.05) is 25.1 Å². The zero-order valence-electron chi connectivity index (χ0n) is 11.7. The fourth-order valence-corrected chi connectivity index (χ4v) is 3.20. The van der Waals surface area contributed by atoms with Gasteiger partial charge in [-0.3, -0.25) is 4.79 Å². The second kappa shape index (κ2) is 6.86. The molecule has 2 rings (SSSR count). The highest BCUT2D eigenvalue weighted by Gasteiger charge is 2.19. The maximum atomic E-state index is 11.3. The van der Waals surface area contributed by atoms with Gasteiger partial charge in [0.15, 0.2) is 6.29 Å². The zero-order chi connectivity index (χ0) is 14.5. The SMILES string of the molecule is COCCCn1c(C)c(C=O)c(Br)c1-c1ccccc1. The van der Waals surface area contributed by atoms with Gasteiger partial charge in [0.2, 0.25) is 0 Å². The summed E-state index contributed by atoms with van der Waals surface area (Å²) >= 11 is 3.58. The molecule has 1 aromatic carbocycles. The molecule has 0 radical (unpaired) electrons. The number of carbonyl (C=O) groups is 1. The Morgan fingerprint density at radius 1 is 1.30 bits per heavy atom. The molecule has 0 unspecified atom stereocenters. The van der Waals surface area contributed by atoms with E-state index in [4.69, 9.17) is 4.74 Å². The van der Waals surface area contributed by atoms with E-state index in [9.17, 15) is 4.79 Å². The van der Waals surface area contributed by atoms with E-state index in [1.165, 1.54) is 0 Å². The monoisotopic (exact) mass is 335 g/mol. The number of ether oxygens (including phenoxy) is 1.